The summed E-state index contributed by atoms with van der Waals surface area (Å²) >= 11 is 0. The summed E-state index contributed by atoms with van der Waals surface area (Å²) in [7, 11) is 4.38. The van der Waals surface area contributed by atoms with E-state index in [1.165, 1.54) is 26.2 Å². The maximum atomic E-state index is 13.8. The Kier molecular flexibility index (Phi) is 5.86. The van der Waals surface area contributed by atoms with Crippen LogP contribution in [0.1, 0.15) is 6.42 Å². The number of rotatable bonds is 6. The normalized spacial score (nSPS) is 16.0. The van der Waals surface area contributed by atoms with Crippen LogP contribution < -0.4 is 24.4 Å². The van der Waals surface area contributed by atoms with Crippen LogP contribution >= 0.6 is 0 Å². The van der Waals surface area contributed by atoms with E-state index in [0.717, 1.165) is 18.2 Å². The van der Waals surface area contributed by atoms with Crippen molar-refractivity contribution < 1.29 is 32.6 Å². The molecule has 2 aromatic rings. The summed E-state index contributed by atoms with van der Waals surface area (Å²) in [5.41, 5.74) is 0.199. The summed E-state index contributed by atoms with van der Waals surface area (Å²) in [5, 5.41) is 2.35. The molecule has 0 saturated carbocycles. The number of hydrogen-bond acceptors (Lipinski definition) is 5. The lowest BCUT2D eigenvalue weighted by molar-refractivity contribution is -0.122. The molecular formula is C20H20F2N2O5. The van der Waals surface area contributed by atoms with Gasteiger partial charge in [0, 0.05) is 31.2 Å². The highest BCUT2D eigenvalue weighted by Crippen LogP contribution is 2.42. The molecule has 29 heavy (non-hydrogen) atoms. The molecule has 0 spiro atoms. The fourth-order valence-electron chi connectivity index (χ4n) is 3.18. The fourth-order valence-corrected chi connectivity index (χ4v) is 3.18. The summed E-state index contributed by atoms with van der Waals surface area (Å²) in [6, 6.07) is 5.97. The van der Waals surface area contributed by atoms with Gasteiger partial charge >= 0.3 is 0 Å². The highest BCUT2D eigenvalue weighted by molar-refractivity contribution is 6.03. The minimum Gasteiger partial charge on any atom is -0.493 e. The van der Waals surface area contributed by atoms with Crippen molar-refractivity contribution in [3.05, 3.63) is 42.0 Å². The lowest BCUT2D eigenvalue weighted by atomic mass is 10.1. The van der Waals surface area contributed by atoms with E-state index in [4.69, 9.17) is 14.2 Å². The van der Waals surface area contributed by atoms with Crippen molar-refractivity contribution in [3.8, 4) is 17.2 Å². The molecule has 7 nitrogen and oxygen atoms in total. The third-order valence-electron chi connectivity index (χ3n) is 4.64. The highest BCUT2D eigenvalue weighted by Gasteiger charge is 2.36. The molecule has 154 valence electrons. The first-order valence-electron chi connectivity index (χ1n) is 8.74. The lowest BCUT2D eigenvalue weighted by Crippen LogP contribution is -2.28. The van der Waals surface area contributed by atoms with Gasteiger partial charge in [-0.1, -0.05) is 0 Å². The van der Waals surface area contributed by atoms with Crippen LogP contribution in [0.3, 0.4) is 0 Å². The summed E-state index contributed by atoms with van der Waals surface area (Å²) in [4.78, 5) is 26.4. The Morgan fingerprint density at radius 2 is 1.72 bits per heavy atom. The van der Waals surface area contributed by atoms with Crippen LogP contribution in [0.5, 0.6) is 17.2 Å². The monoisotopic (exact) mass is 406 g/mol. The first-order valence-corrected chi connectivity index (χ1v) is 8.74. The molecule has 2 amide bonds. The van der Waals surface area contributed by atoms with Gasteiger partial charge in [-0.3, -0.25) is 9.59 Å². The molecule has 9 heteroatoms. The predicted molar refractivity (Wildman–Crippen MR) is 102 cm³/mol. The number of nitrogens with zero attached hydrogens (tertiary/aromatic N) is 1. The standard InChI is InChI=1S/C20H20F2N2O5/c1-27-16-8-13(9-17(28-2)19(16)29-3)24-10-11(6-18(24)25)20(26)23-15-7-12(21)4-5-14(15)22/h4-5,7-9,11H,6,10H2,1-3H3,(H,23,26). The van der Waals surface area contributed by atoms with Gasteiger partial charge in [-0.15, -0.1) is 0 Å². The van der Waals surface area contributed by atoms with Crippen LogP contribution in [0.2, 0.25) is 0 Å². The lowest BCUT2D eigenvalue weighted by Gasteiger charge is -2.20. The average molecular weight is 406 g/mol. The molecule has 0 bridgehead atoms. The van der Waals surface area contributed by atoms with E-state index in [1.54, 1.807) is 12.1 Å². The highest BCUT2D eigenvalue weighted by atomic mass is 19.1. The molecule has 1 heterocycles. The van der Waals surface area contributed by atoms with E-state index < -0.39 is 23.5 Å². The van der Waals surface area contributed by atoms with Crippen molar-refractivity contribution >= 4 is 23.2 Å². The number of halogens is 2. The Bertz CT molecular complexity index is 925. The smallest absolute Gasteiger partial charge is 0.229 e. The number of anilines is 2. The number of amides is 2. The molecule has 1 aliphatic rings. The summed E-state index contributed by atoms with van der Waals surface area (Å²) in [6.45, 7) is 0.0697. The van der Waals surface area contributed by atoms with Crippen LogP contribution in [0.25, 0.3) is 0 Å². The zero-order valence-corrected chi connectivity index (χ0v) is 16.1. The second kappa shape index (κ2) is 8.34. The second-order valence-corrected chi connectivity index (χ2v) is 6.40. The molecule has 1 aliphatic heterocycles. The Hall–Kier alpha value is -3.36. The zero-order chi connectivity index (χ0) is 21.1. The number of hydrogen-bond donors (Lipinski definition) is 1. The summed E-state index contributed by atoms with van der Waals surface area (Å²) < 4.78 is 42.9. The van der Waals surface area contributed by atoms with E-state index >= 15 is 0 Å². The van der Waals surface area contributed by atoms with Gasteiger partial charge in [-0.2, -0.15) is 0 Å². The van der Waals surface area contributed by atoms with E-state index in [1.807, 2.05) is 0 Å². The minimum absolute atomic E-state index is 0.0697. The van der Waals surface area contributed by atoms with Crippen molar-refractivity contribution in [1.29, 1.82) is 0 Å². The van der Waals surface area contributed by atoms with Crippen molar-refractivity contribution in [3.63, 3.8) is 0 Å². The average Bonchev–Trinajstić information content (AvgIpc) is 3.11. The maximum absolute atomic E-state index is 13.8. The van der Waals surface area contributed by atoms with E-state index in [9.17, 15) is 18.4 Å². The Morgan fingerprint density at radius 3 is 2.31 bits per heavy atom. The van der Waals surface area contributed by atoms with Gasteiger partial charge in [0.2, 0.25) is 17.6 Å². The topological polar surface area (TPSA) is 77.1 Å². The second-order valence-electron chi connectivity index (χ2n) is 6.40. The number of nitrogens with one attached hydrogen (secondary N) is 1. The van der Waals surface area contributed by atoms with Gasteiger partial charge in [-0.05, 0) is 12.1 Å². The first kappa shape index (κ1) is 20.4. The summed E-state index contributed by atoms with van der Waals surface area (Å²) in [5.74, 6) is -1.93. The number of benzene rings is 2. The third kappa shape index (κ3) is 4.08. The van der Waals surface area contributed by atoms with Crippen molar-refractivity contribution in [2.45, 2.75) is 6.42 Å². The molecule has 1 atom stereocenters. The number of ether oxygens (including phenoxy) is 3. The van der Waals surface area contributed by atoms with Crippen molar-refractivity contribution in [2.75, 3.05) is 38.1 Å². The Morgan fingerprint density at radius 1 is 1.07 bits per heavy atom. The quantitative estimate of drug-likeness (QED) is 0.798. The molecule has 1 N–H and O–H groups in total. The number of carbonyl (C=O) groups is 2. The van der Waals surface area contributed by atoms with Crippen LogP contribution in [0, 0.1) is 17.6 Å². The van der Waals surface area contributed by atoms with Gasteiger partial charge in [0.05, 0.1) is 38.6 Å². The van der Waals surface area contributed by atoms with Crippen molar-refractivity contribution in [2.24, 2.45) is 5.92 Å². The molecule has 1 unspecified atom stereocenters. The van der Waals surface area contributed by atoms with Gasteiger partial charge in [0.1, 0.15) is 11.6 Å². The first-order chi connectivity index (χ1) is 13.9. The zero-order valence-electron chi connectivity index (χ0n) is 16.1. The predicted octanol–water partition coefficient (Wildman–Crippen LogP) is 2.98. The minimum atomic E-state index is -0.759. The van der Waals surface area contributed by atoms with Gasteiger partial charge in [-0.25, -0.2) is 8.78 Å². The van der Waals surface area contributed by atoms with E-state index in [0.29, 0.717) is 22.9 Å². The van der Waals surface area contributed by atoms with Crippen LogP contribution in [0.4, 0.5) is 20.2 Å². The van der Waals surface area contributed by atoms with Gasteiger partial charge < -0.3 is 24.4 Å². The maximum Gasteiger partial charge on any atom is 0.229 e. The van der Waals surface area contributed by atoms with Gasteiger partial charge in [0.15, 0.2) is 11.5 Å². The largest absolute Gasteiger partial charge is 0.493 e. The molecule has 1 saturated heterocycles. The SMILES string of the molecule is COc1cc(N2CC(C(=O)Nc3cc(F)ccc3F)CC2=O)cc(OC)c1OC. The van der Waals surface area contributed by atoms with E-state index in [2.05, 4.69) is 5.32 Å². The molecule has 1 fully saturated rings. The molecule has 3 rings (SSSR count). The molecular weight excluding hydrogens is 386 g/mol. The molecule has 0 radical (unpaired) electrons. The fraction of sp³-hybridized carbons (Fsp3) is 0.300. The molecule has 0 aromatic heterocycles. The molecule has 0 aliphatic carbocycles. The number of methoxy groups -OCH3 is 3. The van der Waals surface area contributed by atoms with Crippen molar-refractivity contribution in [1.82, 2.24) is 0 Å². The Labute approximate surface area is 166 Å². The van der Waals surface area contributed by atoms with Crippen LogP contribution in [0.15, 0.2) is 30.3 Å². The number of carbonyl (C=O) groups excluding carboxylic acids is 2. The van der Waals surface area contributed by atoms with Crippen LogP contribution in [-0.4, -0.2) is 39.7 Å². The Balaban J connectivity index is 1.81. The van der Waals surface area contributed by atoms with Crippen LogP contribution in [-0.2, 0) is 9.59 Å². The molecule has 2 aromatic carbocycles. The van der Waals surface area contributed by atoms with E-state index in [-0.39, 0.29) is 24.6 Å². The van der Waals surface area contributed by atoms with Gasteiger partial charge in [0.25, 0.3) is 0 Å². The third-order valence-corrected chi connectivity index (χ3v) is 4.64. The summed E-state index contributed by atoms with van der Waals surface area (Å²) in [6.07, 6.45) is -0.0700.